The Morgan fingerprint density at radius 1 is 1.30 bits per heavy atom. The Labute approximate surface area is 121 Å². The Kier molecular flexibility index (Phi) is 4.55. The third-order valence-electron chi connectivity index (χ3n) is 2.60. The quantitative estimate of drug-likeness (QED) is 0.811. The number of carbonyl (C=O) groups is 1. The van der Waals surface area contributed by atoms with Gasteiger partial charge in [0.05, 0.1) is 11.1 Å². The van der Waals surface area contributed by atoms with E-state index in [-0.39, 0.29) is 0 Å². The monoisotopic (exact) mass is 291 g/mol. The van der Waals surface area contributed by atoms with E-state index in [9.17, 15) is 9.90 Å². The predicted octanol–water partition coefficient (Wildman–Crippen LogP) is 3.43. The molecule has 0 fully saturated rings. The van der Waals surface area contributed by atoms with Gasteiger partial charge in [0.15, 0.2) is 0 Å². The van der Waals surface area contributed by atoms with Crippen molar-refractivity contribution in [2.45, 2.75) is 13.0 Å². The Hall–Kier alpha value is -2.11. The van der Waals surface area contributed by atoms with Crippen molar-refractivity contribution in [3.05, 3.63) is 53.2 Å². The van der Waals surface area contributed by atoms with Gasteiger partial charge in [0.25, 0.3) is 0 Å². The lowest BCUT2D eigenvalue weighted by Crippen LogP contribution is -2.20. The molecule has 0 saturated heterocycles. The van der Waals surface area contributed by atoms with Gasteiger partial charge in [-0.25, -0.2) is 9.78 Å². The molecule has 1 aromatic carbocycles. The number of carbonyl (C=O) groups excluding carboxylic acids is 1. The number of rotatable bonds is 3. The van der Waals surface area contributed by atoms with E-state index in [1.54, 1.807) is 43.3 Å². The molecule has 2 aromatic rings. The minimum absolute atomic E-state index is 0.401. The molecule has 3 N–H and O–H groups in total. The minimum Gasteiger partial charge on any atom is -0.389 e. The second-order valence-corrected chi connectivity index (χ2v) is 4.68. The summed E-state index contributed by atoms with van der Waals surface area (Å²) in [6, 6.07) is 9.82. The van der Waals surface area contributed by atoms with Crippen molar-refractivity contribution < 1.29 is 9.90 Å². The highest BCUT2D eigenvalue weighted by atomic mass is 35.5. The average Bonchev–Trinajstić information content (AvgIpc) is 2.41. The largest absolute Gasteiger partial charge is 0.389 e. The Bertz CT molecular complexity index is 600. The average molecular weight is 292 g/mol. The number of anilines is 2. The predicted molar refractivity (Wildman–Crippen MR) is 79.0 cm³/mol. The number of aromatic nitrogens is 1. The number of nitrogens with one attached hydrogen (secondary N) is 2. The fourth-order valence-corrected chi connectivity index (χ4v) is 1.72. The number of urea groups is 1. The summed E-state index contributed by atoms with van der Waals surface area (Å²) >= 11 is 5.71. The smallest absolute Gasteiger partial charge is 0.324 e. The third-order valence-corrected chi connectivity index (χ3v) is 2.82. The van der Waals surface area contributed by atoms with Crippen LogP contribution in [0.2, 0.25) is 5.02 Å². The van der Waals surface area contributed by atoms with E-state index in [1.165, 1.54) is 6.20 Å². The molecule has 0 spiro atoms. The van der Waals surface area contributed by atoms with Crippen LogP contribution in [0.1, 0.15) is 18.6 Å². The summed E-state index contributed by atoms with van der Waals surface area (Å²) in [4.78, 5) is 15.8. The standard InChI is InChI=1S/C14H14ClN3O2/c1-9(19)10-3-2-4-12(7-10)17-14(20)18-13-6-5-11(15)8-16-13/h2-9,19H,1H3,(H2,16,17,18,20). The van der Waals surface area contributed by atoms with Gasteiger partial charge in [-0.15, -0.1) is 0 Å². The van der Waals surface area contributed by atoms with Gasteiger partial charge in [0, 0.05) is 11.9 Å². The Morgan fingerprint density at radius 2 is 2.10 bits per heavy atom. The highest BCUT2D eigenvalue weighted by Gasteiger charge is 2.06. The number of amides is 2. The maximum absolute atomic E-state index is 11.8. The zero-order valence-electron chi connectivity index (χ0n) is 10.8. The number of hydrogen-bond donors (Lipinski definition) is 3. The third kappa shape index (κ3) is 3.94. The van der Waals surface area contributed by atoms with E-state index in [0.717, 1.165) is 5.56 Å². The number of pyridine rings is 1. The van der Waals surface area contributed by atoms with Crippen LogP contribution in [0.4, 0.5) is 16.3 Å². The van der Waals surface area contributed by atoms with Crippen LogP contribution in [-0.2, 0) is 0 Å². The maximum Gasteiger partial charge on any atom is 0.324 e. The second kappa shape index (κ2) is 6.36. The van der Waals surface area contributed by atoms with Crippen LogP contribution in [-0.4, -0.2) is 16.1 Å². The first-order valence-electron chi connectivity index (χ1n) is 6.02. The molecule has 0 aliphatic heterocycles. The molecule has 0 saturated carbocycles. The maximum atomic E-state index is 11.8. The first kappa shape index (κ1) is 14.3. The van der Waals surface area contributed by atoms with Gasteiger partial charge in [-0.3, -0.25) is 5.32 Å². The van der Waals surface area contributed by atoms with Crippen molar-refractivity contribution >= 4 is 29.1 Å². The molecule has 20 heavy (non-hydrogen) atoms. The highest BCUT2D eigenvalue weighted by molar-refractivity contribution is 6.30. The van der Waals surface area contributed by atoms with Gasteiger partial charge in [-0.2, -0.15) is 0 Å². The number of aliphatic hydroxyl groups is 1. The molecule has 0 bridgehead atoms. The van der Waals surface area contributed by atoms with Gasteiger partial charge >= 0.3 is 6.03 Å². The fraction of sp³-hybridized carbons (Fsp3) is 0.143. The van der Waals surface area contributed by atoms with Crippen molar-refractivity contribution in [1.82, 2.24) is 4.98 Å². The van der Waals surface area contributed by atoms with E-state index in [1.807, 2.05) is 0 Å². The summed E-state index contributed by atoms with van der Waals surface area (Å²) in [5, 5.41) is 15.2. The van der Waals surface area contributed by atoms with Crippen molar-refractivity contribution in [3.8, 4) is 0 Å². The number of nitrogens with zero attached hydrogens (tertiary/aromatic N) is 1. The zero-order valence-corrected chi connectivity index (χ0v) is 11.6. The fourth-order valence-electron chi connectivity index (χ4n) is 1.60. The van der Waals surface area contributed by atoms with Crippen molar-refractivity contribution in [1.29, 1.82) is 0 Å². The van der Waals surface area contributed by atoms with Crippen LogP contribution in [0.5, 0.6) is 0 Å². The molecular weight excluding hydrogens is 278 g/mol. The molecule has 2 rings (SSSR count). The summed E-state index contributed by atoms with van der Waals surface area (Å²) in [5.74, 6) is 0.401. The van der Waals surface area contributed by atoms with E-state index < -0.39 is 12.1 Å². The number of benzene rings is 1. The normalized spacial score (nSPS) is 11.8. The van der Waals surface area contributed by atoms with Gasteiger partial charge in [0.2, 0.25) is 0 Å². The molecule has 0 aliphatic carbocycles. The topological polar surface area (TPSA) is 74.2 Å². The SMILES string of the molecule is CC(O)c1cccc(NC(=O)Nc2ccc(Cl)cn2)c1. The van der Waals surface area contributed by atoms with Crippen molar-refractivity contribution in [2.75, 3.05) is 10.6 Å². The van der Waals surface area contributed by atoms with Crippen LogP contribution < -0.4 is 10.6 Å². The van der Waals surface area contributed by atoms with Crippen LogP contribution in [0.15, 0.2) is 42.6 Å². The van der Waals surface area contributed by atoms with Crippen LogP contribution >= 0.6 is 11.6 Å². The van der Waals surface area contributed by atoms with Gasteiger partial charge in [0.1, 0.15) is 5.82 Å². The van der Waals surface area contributed by atoms with E-state index in [4.69, 9.17) is 11.6 Å². The molecule has 5 nitrogen and oxygen atoms in total. The summed E-state index contributed by atoms with van der Waals surface area (Å²) in [5.41, 5.74) is 1.32. The molecule has 1 atom stereocenters. The lowest BCUT2D eigenvalue weighted by Gasteiger charge is -2.09. The molecule has 0 radical (unpaired) electrons. The van der Waals surface area contributed by atoms with Gasteiger partial charge < -0.3 is 10.4 Å². The molecule has 104 valence electrons. The van der Waals surface area contributed by atoms with Crippen molar-refractivity contribution in [2.24, 2.45) is 0 Å². The Balaban J connectivity index is 2.01. The van der Waals surface area contributed by atoms with Crippen LogP contribution in [0.25, 0.3) is 0 Å². The van der Waals surface area contributed by atoms with Gasteiger partial charge in [-0.1, -0.05) is 23.7 Å². The molecule has 1 unspecified atom stereocenters. The zero-order chi connectivity index (χ0) is 14.5. The van der Waals surface area contributed by atoms with E-state index >= 15 is 0 Å². The number of halogens is 1. The minimum atomic E-state index is -0.585. The molecule has 1 aromatic heterocycles. The number of aliphatic hydroxyl groups excluding tert-OH is 1. The summed E-state index contributed by atoms with van der Waals surface area (Å²) in [7, 11) is 0. The van der Waals surface area contributed by atoms with Crippen LogP contribution in [0, 0.1) is 0 Å². The molecule has 1 heterocycles. The molecule has 0 aliphatic rings. The van der Waals surface area contributed by atoms with Crippen LogP contribution in [0.3, 0.4) is 0 Å². The second-order valence-electron chi connectivity index (χ2n) is 4.24. The molecule has 6 heteroatoms. The molecule has 2 amide bonds. The Morgan fingerprint density at radius 3 is 2.75 bits per heavy atom. The first-order valence-corrected chi connectivity index (χ1v) is 6.40. The van der Waals surface area contributed by atoms with E-state index in [0.29, 0.717) is 16.5 Å². The summed E-state index contributed by atoms with van der Waals surface area (Å²) < 4.78 is 0. The van der Waals surface area contributed by atoms with E-state index in [2.05, 4.69) is 15.6 Å². The first-order chi connectivity index (χ1) is 9.54. The number of hydrogen-bond acceptors (Lipinski definition) is 3. The summed E-state index contributed by atoms with van der Waals surface area (Å²) in [6.07, 6.45) is 0.864. The van der Waals surface area contributed by atoms with Gasteiger partial charge in [-0.05, 0) is 36.8 Å². The highest BCUT2D eigenvalue weighted by Crippen LogP contribution is 2.17. The van der Waals surface area contributed by atoms with Crippen molar-refractivity contribution in [3.63, 3.8) is 0 Å². The lowest BCUT2D eigenvalue weighted by atomic mass is 10.1. The summed E-state index contributed by atoms with van der Waals surface area (Å²) in [6.45, 7) is 1.66. The lowest BCUT2D eigenvalue weighted by molar-refractivity contribution is 0.199. The molecular formula is C14H14ClN3O2.